The van der Waals surface area contributed by atoms with Gasteiger partial charge in [0.15, 0.2) is 0 Å². The molecule has 0 aromatic carbocycles. The molecule has 0 saturated carbocycles. The summed E-state index contributed by atoms with van der Waals surface area (Å²) in [6, 6.07) is 0. The summed E-state index contributed by atoms with van der Waals surface area (Å²) in [6.07, 6.45) is 0.802. The number of carbonyl (C=O) groups excluding carboxylic acids is 1. The Kier molecular flexibility index (Phi) is 3.92. The number of nitrogens with zero attached hydrogens (tertiary/aromatic N) is 2. The van der Waals surface area contributed by atoms with E-state index in [1.54, 1.807) is 0 Å². The van der Waals surface area contributed by atoms with Gasteiger partial charge in [-0.3, -0.25) is 4.90 Å². The molecule has 7 heteroatoms. The molecular weight excluding hydrogens is 302 g/mol. The van der Waals surface area contributed by atoms with Crippen LogP contribution in [0.3, 0.4) is 0 Å². The van der Waals surface area contributed by atoms with E-state index in [1.165, 1.54) is 18.4 Å². The highest BCUT2D eigenvalue weighted by Crippen LogP contribution is 2.36. The third-order valence-corrected chi connectivity index (χ3v) is 5.16. The SMILES string of the molecule is COC(=O)c1c(N)sc2c1CCN(Cc1c(C)noc1C)C2. The zero-order chi connectivity index (χ0) is 15.9. The van der Waals surface area contributed by atoms with Gasteiger partial charge in [0.25, 0.3) is 0 Å². The van der Waals surface area contributed by atoms with Crippen molar-refractivity contribution < 1.29 is 14.1 Å². The number of aryl methyl sites for hydroxylation is 2. The number of hydrogen-bond acceptors (Lipinski definition) is 7. The fourth-order valence-electron chi connectivity index (χ4n) is 2.89. The molecule has 0 atom stereocenters. The molecule has 1 aliphatic heterocycles. The second kappa shape index (κ2) is 5.73. The van der Waals surface area contributed by atoms with Gasteiger partial charge in [-0.15, -0.1) is 11.3 Å². The average molecular weight is 321 g/mol. The first kappa shape index (κ1) is 15.1. The molecule has 0 aliphatic carbocycles. The zero-order valence-corrected chi connectivity index (χ0v) is 13.7. The Morgan fingerprint density at radius 1 is 1.50 bits per heavy atom. The van der Waals surface area contributed by atoms with Gasteiger partial charge in [-0.25, -0.2) is 4.79 Å². The van der Waals surface area contributed by atoms with E-state index in [-0.39, 0.29) is 5.97 Å². The molecule has 1 aliphatic rings. The minimum absolute atomic E-state index is 0.339. The van der Waals surface area contributed by atoms with E-state index in [4.69, 9.17) is 15.0 Å². The fraction of sp³-hybridized carbons (Fsp3) is 0.467. The normalized spacial score (nSPS) is 14.9. The highest BCUT2D eigenvalue weighted by atomic mass is 32.1. The largest absolute Gasteiger partial charge is 0.465 e. The zero-order valence-electron chi connectivity index (χ0n) is 12.9. The summed E-state index contributed by atoms with van der Waals surface area (Å²) in [5.74, 6) is 0.526. The first-order valence-electron chi connectivity index (χ1n) is 7.13. The van der Waals surface area contributed by atoms with Crippen LogP contribution >= 0.6 is 11.3 Å². The van der Waals surface area contributed by atoms with E-state index in [9.17, 15) is 4.79 Å². The molecule has 3 rings (SSSR count). The number of hydrogen-bond donors (Lipinski definition) is 1. The molecule has 0 saturated heterocycles. The van der Waals surface area contributed by atoms with Gasteiger partial charge in [0, 0.05) is 30.1 Å². The number of thiophene rings is 1. The summed E-state index contributed by atoms with van der Waals surface area (Å²) in [7, 11) is 1.39. The molecule has 0 bridgehead atoms. The third-order valence-electron chi connectivity index (χ3n) is 4.12. The lowest BCUT2D eigenvalue weighted by molar-refractivity contribution is 0.0600. The maximum Gasteiger partial charge on any atom is 0.341 e. The average Bonchev–Trinajstić information content (AvgIpc) is 2.99. The number of ether oxygens (including phenoxy) is 1. The van der Waals surface area contributed by atoms with Crippen molar-refractivity contribution in [2.75, 3.05) is 19.4 Å². The van der Waals surface area contributed by atoms with Crippen molar-refractivity contribution in [3.8, 4) is 0 Å². The number of esters is 1. The molecule has 0 fully saturated rings. The Morgan fingerprint density at radius 3 is 2.91 bits per heavy atom. The van der Waals surface area contributed by atoms with Crippen LogP contribution in [0.4, 0.5) is 5.00 Å². The Labute approximate surface area is 132 Å². The predicted molar refractivity (Wildman–Crippen MR) is 83.9 cm³/mol. The van der Waals surface area contributed by atoms with Crippen LogP contribution in [-0.2, 0) is 24.2 Å². The van der Waals surface area contributed by atoms with E-state index in [2.05, 4.69) is 10.1 Å². The van der Waals surface area contributed by atoms with Crippen LogP contribution in [0.2, 0.25) is 0 Å². The van der Waals surface area contributed by atoms with Gasteiger partial charge >= 0.3 is 5.97 Å². The lowest BCUT2D eigenvalue weighted by Crippen LogP contribution is -2.30. The van der Waals surface area contributed by atoms with Crippen molar-refractivity contribution in [3.63, 3.8) is 0 Å². The Balaban J connectivity index is 1.82. The van der Waals surface area contributed by atoms with Gasteiger partial charge < -0.3 is 15.0 Å². The Hall–Kier alpha value is -1.86. The summed E-state index contributed by atoms with van der Waals surface area (Å²) in [4.78, 5) is 15.3. The van der Waals surface area contributed by atoms with Gasteiger partial charge in [-0.05, 0) is 25.8 Å². The van der Waals surface area contributed by atoms with Crippen molar-refractivity contribution in [3.05, 3.63) is 33.0 Å². The number of aromatic nitrogens is 1. The first-order valence-corrected chi connectivity index (χ1v) is 7.95. The van der Waals surface area contributed by atoms with Crippen LogP contribution in [0.25, 0.3) is 0 Å². The third kappa shape index (κ3) is 2.50. The van der Waals surface area contributed by atoms with Gasteiger partial charge in [-0.1, -0.05) is 5.16 Å². The maximum absolute atomic E-state index is 11.9. The molecule has 118 valence electrons. The van der Waals surface area contributed by atoms with Crippen LogP contribution < -0.4 is 5.73 Å². The molecule has 6 nitrogen and oxygen atoms in total. The quantitative estimate of drug-likeness (QED) is 0.874. The smallest absolute Gasteiger partial charge is 0.341 e. The number of carbonyl (C=O) groups is 1. The lowest BCUT2D eigenvalue weighted by Gasteiger charge is -2.26. The van der Waals surface area contributed by atoms with Crippen molar-refractivity contribution in [2.24, 2.45) is 0 Å². The molecule has 2 aromatic rings. The second-order valence-corrected chi connectivity index (χ2v) is 6.63. The van der Waals surface area contributed by atoms with Crippen LogP contribution in [0.5, 0.6) is 0 Å². The Bertz CT molecular complexity index is 700. The van der Waals surface area contributed by atoms with E-state index >= 15 is 0 Å². The predicted octanol–water partition coefficient (Wildman–Crippen LogP) is 2.28. The summed E-state index contributed by atoms with van der Waals surface area (Å²) in [6.45, 7) is 6.34. The lowest BCUT2D eigenvalue weighted by atomic mass is 10.0. The van der Waals surface area contributed by atoms with Gasteiger partial charge in [0.2, 0.25) is 0 Å². The van der Waals surface area contributed by atoms with E-state index in [0.717, 1.165) is 53.5 Å². The number of nitrogens with two attached hydrogens (primary N) is 1. The minimum atomic E-state index is -0.339. The summed E-state index contributed by atoms with van der Waals surface area (Å²) < 4.78 is 10.1. The van der Waals surface area contributed by atoms with Gasteiger partial charge in [0.05, 0.1) is 18.4 Å². The van der Waals surface area contributed by atoms with Crippen molar-refractivity contribution in [2.45, 2.75) is 33.4 Å². The number of fused-ring (bicyclic) bond motifs is 1. The molecule has 2 aromatic heterocycles. The summed E-state index contributed by atoms with van der Waals surface area (Å²) in [5.41, 5.74) is 9.68. The molecule has 0 unspecified atom stereocenters. The highest BCUT2D eigenvalue weighted by Gasteiger charge is 2.28. The standard InChI is InChI=1S/C15H19N3O3S/c1-8-11(9(2)21-17-8)6-18-5-4-10-12(7-18)22-14(16)13(10)15(19)20-3/h4-7,16H2,1-3H3. The summed E-state index contributed by atoms with van der Waals surface area (Å²) >= 11 is 1.48. The van der Waals surface area contributed by atoms with Gasteiger partial charge in [0.1, 0.15) is 10.8 Å². The van der Waals surface area contributed by atoms with Crippen LogP contribution in [0, 0.1) is 13.8 Å². The van der Waals surface area contributed by atoms with E-state index in [0.29, 0.717) is 10.6 Å². The molecule has 0 spiro atoms. The number of nitrogen functional groups attached to an aromatic ring is 1. The molecule has 2 N–H and O–H groups in total. The highest BCUT2D eigenvalue weighted by molar-refractivity contribution is 7.16. The van der Waals surface area contributed by atoms with Crippen LogP contribution in [-0.4, -0.2) is 29.7 Å². The van der Waals surface area contributed by atoms with Crippen LogP contribution in [0.1, 0.15) is 37.8 Å². The summed E-state index contributed by atoms with van der Waals surface area (Å²) in [5, 5.41) is 4.55. The van der Waals surface area contributed by atoms with Crippen molar-refractivity contribution in [1.82, 2.24) is 10.1 Å². The molecule has 22 heavy (non-hydrogen) atoms. The molecule has 0 amide bonds. The Morgan fingerprint density at radius 2 is 2.27 bits per heavy atom. The topological polar surface area (TPSA) is 81.6 Å². The molecule has 0 radical (unpaired) electrons. The van der Waals surface area contributed by atoms with Crippen molar-refractivity contribution >= 4 is 22.3 Å². The fourth-order valence-corrected chi connectivity index (χ4v) is 4.04. The second-order valence-electron chi connectivity index (χ2n) is 5.50. The van der Waals surface area contributed by atoms with E-state index < -0.39 is 0 Å². The van der Waals surface area contributed by atoms with Crippen LogP contribution in [0.15, 0.2) is 4.52 Å². The maximum atomic E-state index is 11.9. The number of anilines is 1. The molecule has 3 heterocycles. The van der Waals surface area contributed by atoms with Crippen molar-refractivity contribution in [1.29, 1.82) is 0 Å². The van der Waals surface area contributed by atoms with E-state index in [1.807, 2.05) is 13.8 Å². The molecular formula is C15H19N3O3S. The number of rotatable bonds is 3. The first-order chi connectivity index (χ1) is 10.5. The minimum Gasteiger partial charge on any atom is -0.465 e. The monoisotopic (exact) mass is 321 g/mol. The van der Waals surface area contributed by atoms with Gasteiger partial charge in [-0.2, -0.15) is 0 Å². The number of methoxy groups -OCH3 is 1.